The molecule has 0 aromatic heterocycles. The molecule has 0 spiro atoms. The Labute approximate surface area is 151 Å². The summed E-state index contributed by atoms with van der Waals surface area (Å²) in [6.07, 6.45) is 4.41. The zero-order chi connectivity index (χ0) is 19.1. The predicted octanol–water partition coefficient (Wildman–Crippen LogP) is 3.33. The van der Waals surface area contributed by atoms with Crippen molar-refractivity contribution in [3.8, 4) is 0 Å². The molecule has 0 bridgehead atoms. The third-order valence-corrected chi connectivity index (χ3v) is 5.51. The highest BCUT2D eigenvalue weighted by molar-refractivity contribution is 5.93. The van der Waals surface area contributed by atoms with Crippen LogP contribution in [-0.2, 0) is 9.59 Å². The molecule has 2 N–H and O–H groups in total. The number of carbonyl (C=O) groups excluding carboxylic acids is 2. The third kappa shape index (κ3) is 5.80. The molecule has 1 aliphatic heterocycles. The monoisotopic (exact) mass is 351 g/mol. The molecule has 1 atom stereocenters. The SMILES string of the molecule is CCCC[N+]1=C(C[C@](C)(CCC(=O)C(C)(C)CC)C(=O)CN)CN=N1. The molecular formula is C19H35N4O2+. The average Bonchev–Trinajstić information content (AvgIpc) is 3.03. The van der Waals surface area contributed by atoms with Crippen molar-refractivity contribution in [3.05, 3.63) is 0 Å². The van der Waals surface area contributed by atoms with Gasteiger partial charge >= 0.3 is 0 Å². The first-order chi connectivity index (χ1) is 11.7. The summed E-state index contributed by atoms with van der Waals surface area (Å²) >= 11 is 0. The Morgan fingerprint density at radius 3 is 2.44 bits per heavy atom. The van der Waals surface area contributed by atoms with Gasteiger partial charge in [-0.25, -0.2) is 0 Å². The van der Waals surface area contributed by atoms with Gasteiger partial charge in [-0.1, -0.05) is 41.0 Å². The molecule has 0 fully saturated rings. The average molecular weight is 352 g/mol. The second-order valence-corrected chi connectivity index (χ2v) is 7.96. The molecule has 0 aromatic carbocycles. The van der Waals surface area contributed by atoms with Gasteiger partial charge in [0.25, 0.3) is 0 Å². The third-order valence-electron chi connectivity index (χ3n) is 5.51. The van der Waals surface area contributed by atoms with Crippen LogP contribution >= 0.6 is 0 Å². The molecule has 1 heterocycles. The largest absolute Gasteiger partial charge is 0.324 e. The van der Waals surface area contributed by atoms with E-state index in [0.29, 0.717) is 25.8 Å². The first-order valence-electron chi connectivity index (χ1n) is 9.46. The lowest BCUT2D eigenvalue weighted by Gasteiger charge is -2.29. The lowest BCUT2D eigenvalue weighted by Crippen LogP contribution is -2.38. The number of hydrogen-bond acceptors (Lipinski definition) is 5. The molecule has 1 aliphatic rings. The minimum atomic E-state index is -0.636. The Balaban J connectivity index is 2.89. The topological polar surface area (TPSA) is 87.9 Å². The summed E-state index contributed by atoms with van der Waals surface area (Å²) in [5.41, 5.74) is 5.74. The van der Waals surface area contributed by atoms with Gasteiger partial charge in [-0.2, -0.15) is 0 Å². The van der Waals surface area contributed by atoms with E-state index >= 15 is 0 Å². The number of Topliss-reactive ketones (excluding diaryl/α,β-unsaturated/α-hetero) is 2. The molecular weight excluding hydrogens is 316 g/mol. The number of unbranched alkanes of at least 4 members (excludes halogenated alkanes) is 1. The molecule has 0 aliphatic carbocycles. The number of carbonyl (C=O) groups is 2. The van der Waals surface area contributed by atoms with Crippen LogP contribution < -0.4 is 5.73 Å². The number of rotatable bonds is 12. The molecule has 0 saturated heterocycles. The lowest BCUT2D eigenvalue weighted by molar-refractivity contribution is -0.537. The summed E-state index contributed by atoms with van der Waals surface area (Å²) in [4.78, 5) is 25.0. The van der Waals surface area contributed by atoms with E-state index in [1.807, 2.05) is 32.4 Å². The van der Waals surface area contributed by atoms with Gasteiger partial charge in [0.2, 0.25) is 6.54 Å². The van der Waals surface area contributed by atoms with Crippen molar-refractivity contribution in [1.82, 2.24) is 0 Å². The molecule has 0 amide bonds. The van der Waals surface area contributed by atoms with E-state index < -0.39 is 5.41 Å². The molecule has 142 valence electrons. The Morgan fingerprint density at radius 1 is 1.20 bits per heavy atom. The minimum absolute atomic E-state index is 0.00160. The summed E-state index contributed by atoms with van der Waals surface area (Å²) < 4.78 is 1.92. The van der Waals surface area contributed by atoms with Crippen molar-refractivity contribution in [2.45, 2.75) is 73.1 Å². The van der Waals surface area contributed by atoms with Gasteiger partial charge in [0.05, 0.1) is 6.54 Å². The highest BCUT2D eigenvalue weighted by Gasteiger charge is 2.38. The van der Waals surface area contributed by atoms with E-state index in [1.165, 1.54) is 0 Å². The normalized spacial score (nSPS) is 17.0. The van der Waals surface area contributed by atoms with Crippen LogP contribution in [0.1, 0.15) is 73.1 Å². The smallest absolute Gasteiger partial charge is 0.215 e. The predicted molar refractivity (Wildman–Crippen MR) is 99.9 cm³/mol. The first kappa shape index (κ1) is 21.6. The Bertz CT molecular complexity index is 552. The van der Waals surface area contributed by atoms with Crippen LogP contribution in [0.15, 0.2) is 10.3 Å². The zero-order valence-corrected chi connectivity index (χ0v) is 16.6. The Morgan fingerprint density at radius 2 is 1.88 bits per heavy atom. The fourth-order valence-electron chi connectivity index (χ4n) is 2.94. The minimum Gasteiger partial charge on any atom is -0.324 e. The molecule has 25 heavy (non-hydrogen) atoms. The van der Waals surface area contributed by atoms with Crippen LogP contribution in [-0.4, -0.2) is 41.6 Å². The van der Waals surface area contributed by atoms with Crippen molar-refractivity contribution in [2.75, 3.05) is 19.6 Å². The highest BCUT2D eigenvalue weighted by Crippen LogP contribution is 2.33. The summed E-state index contributed by atoms with van der Waals surface area (Å²) in [6, 6.07) is 0. The van der Waals surface area contributed by atoms with Crippen molar-refractivity contribution >= 4 is 17.3 Å². The molecule has 0 radical (unpaired) electrons. The maximum Gasteiger partial charge on any atom is 0.215 e. The number of nitrogens with zero attached hydrogens (tertiary/aromatic N) is 3. The van der Waals surface area contributed by atoms with Crippen LogP contribution in [0.2, 0.25) is 0 Å². The van der Waals surface area contributed by atoms with E-state index in [2.05, 4.69) is 17.3 Å². The zero-order valence-electron chi connectivity index (χ0n) is 16.6. The molecule has 6 heteroatoms. The van der Waals surface area contributed by atoms with Crippen molar-refractivity contribution < 1.29 is 14.3 Å². The second-order valence-electron chi connectivity index (χ2n) is 7.96. The quantitative estimate of drug-likeness (QED) is 0.547. The van der Waals surface area contributed by atoms with E-state index in [-0.39, 0.29) is 23.5 Å². The van der Waals surface area contributed by atoms with Crippen LogP contribution in [0.4, 0.5) is 0 Å². The molecule has 0 aromatic rings. The Kier molecular flexibility index (Phi) is 8.06. The molecule has 0 unspecified atom stereocenters. The van der Waals surface area contributed by atoms with E-state index in [4.69, 9.17) is 5.73 Å². The van der Waals surface area contributed by atoms with E-state index in [1.54, 1.807) is 0 Å². The van der Waals surface area contributed by atoms with Gasteiger partial charge in [-0.15, -0.1) is 4.68 Å². The second kappa shape index (κ2) is 9.32. The van der Waals surface area contributed by atoms with E-state index in [0.717, 1.165) is 31.5 Å². The Hall–Kier alpha value is -1.43. The van der Waals surface area contributed by atoms with Crippen LogP contribution in [0.3, 0.4) is 0 Å². The molecule has 6 nitrogen and oxygen atoms in total. The van der Waals surface area contributed by atoms with Gasteiger partial charge in [0, 0.05) is 28.8 Å². The standard InChI is InChI=1S/C19H35N4O2/c1-6-8-11-23-15(14-21-22-23)12-19(5,17(25)13-20)10-9-16(24)18(3,4)7-2/h6-14,20H2,1-5H3/q+1/t19-/m0/s1. The number of hydrogen-bond donors (Lipinski definition) is 1. The lowest BCUT2D eigenvalue weighted by atomic mass is 9.73. The van der Waals surface area contributed by atoms with Crippen LogP contribution in [0, 0.1) is 10.8 Å². The van der Waals surface area contributed by atoms with Crippen molar-refractivity contribution in [2.24, 2.45) is 26.9 Å². The van der Waals surface area contributed by atoms with E-state index in [9.17, 15) is 9.59 Å². The fourth-order valence-corrected chi connectivity index (χ4v) is 2.94. The highest BCUT2D eigenvalue weighted by atomic mass is 16.1. The van der Waals surface area contributed by atoms with Gasteiger partial charge in [0.1, 0.15) is 17.6 Å². The summed E-state index contributed by atoms with van der Waals surface area (Å²) in [6.45, 7) is 11.4. The van der Waals surface area contributed by atoms with Crippen LogP contribution in [0.5, 0.6) is 0 Å². The van der Waals surface area contributed by atoms with Gasteiger partial charge < -0.3 is 5.73 Å². The first-order valence-corrected chi connectivity index (χ1v) is 9.46. The van der Waals surface area contributed by atoms with Gasteiger partial charge in [-0.05, 0) is 19.3 Å². The molecule has 1 rings (SSSR count). The number of nitrogens with two attached hydrogens (primary N) is 1. The molecule has 0 saturated carbocycles. The summed E-state index contributed by atoms with van der Waals surface area (Å²) in [5.74, 6) is 0.212. The summed E-state index contributed by atoms with van der Waals surface area (Å²) in [5, 5.41) is 8.30. The van der Waals surface area contributed by atoms with Crippen LogP contribution in [0.25, 0.3) is 0 Å². The maximum absolute atomic E-state index is 12.5. The van der Waals surface area contributed by atoms with Gasteiger partial charge in [-0.3, -0.25) is 9.59 Å². The maximum atomic E-state index is 12.5. The van der Waals surface area contributed by atoms with Crippen molar-refractivity contribution in [3.63, 3.8) is 0 Å². The van der Waals surface area contributed by atoms with Gasteiger partial charge in [0.15, 0.2) is 11.5 Å². The summed E-state index contributed by atoms with van der Waals surface area (Å²) in [7, 11) is 0. The fraction of sp³-hybridized carbons (Fsp3) is 0.842. The number of ketones is 2. The van der Waals surface area contributed by atoms with Crippen molar-refractivity contribution in [1.29, 1.82) is 0 Å².